The van der Waals surface area contributed by atoms with Crippen LogP contribution in [0.1, 0.15) is 38.5 Å². The zero-order chi connectivity index (χ0) is 20.2. The lowest BCUT2D eigenvalue weighted by Crippen LogP contribution is -2.59. The van der Waals surface area contributed by atoms with Crippen molar-refractivity contribution >= 4 is 23.6 Å². The van der Waals surface area contributed by atoms with Crippen molar-refractivity contribution in [2.75, 3.05) is 19.7 Å². The summed E-state index contributed by atoms with van der Waals surface area (Å²) in [6.45, 7) is 1.92. The van der Waals surface area contributed by atoms with E-state index in [1.165, 1.54) is 12.1 Å². The highest BCUT2D eigenvalue weighted by Gasteiger charge is 2.54. The first kappa shape index (κ1) is 19.0. The molecule has 2 saturated heterocycles. The molecule has 6 nitrogen and oxygen atoms in total. The van der Waals surface area contributed by atoms with Gasteiger partial charge in [0.15, 0.2) is 0 Å². The number of halogens is 2. The van der Waals surface area contributed by atoms with Gasteiger partial charge in [-0.2, -0.15) is 0 Å². The summed E-state index contributed by atoms with van der Waals surface area (Å²) in [7, 11) is 0. The Morgan fingerprint density at radius 1 is 1.24 bits per heavy atom. The summed E-state index contributed by atoms with van der Waals surface area (Å²) in [5, 5.41) is 3.14. The average Bonchev–Trinajstić information content (AvgIpc) is 3.03. The van der Waals surface area contributed by atoms with Crippen molar-refractivity contribution in [3.8, 4) is 5.75 Å². The predicted molar refractivity (Wildman–Crippen MR) is 103 cm³/mol. The Bertz CT molecular complexity index is 841. The van der Waals surface area contributed by atoms with E-state index in [9.17, 15) is 14.0 Å². The summed E-state index contributed by atoms with van der Waals surface area (Å²) >= 11 is 6.05. The molecule has 2 spiro atoms. The molecule has 1 aromatic rings. The molecule has 0 atom stereocenters. The summed E-state index contributed by atoms with van der Waals surface area (Å²) in [6.07, 6.45) is 4.91. The van der Waals surface area contributed by atoms with Crippen molar-refractivity contribution in [2.24, 2.45) is 11.3 Å². The van der Waals surface area contributed by atoms with Crippen molar-refractivity contribution in [1.29, 1.82) is 0 Å². The molecule has 0 bridgehead atoms. The van der Waals surface area contributed by atoms with Crippen LogP contribution >= 0.6 is 11.6 Å². The second-order valence-electron chi connectivity index (χ2n) is 9.13. The molecule has 4 fully saturated rings. The molecule has 4 aliphatic rings. The van der Waals surface area contributed by atoms with Gasteiger partial charge in [0.25, 0.3) is 0 Å². The number of likely N-dealkylation sites (tertiary alicyclic amines) is 1. The number of nitrogens with zero attached hydrogens (tertiary/aromatic N) is 1. The van der Waals surface area contributed by atoms with E-state index in [0.29, 0.717) is 30.2 Å². The van der Waals surface area contributed by atoms with E-state index in [0.717, 1.165) is 38.8 Å². The number of carbonyl (C=O) groups excluding carboxylic acids is 2. The topological polar surface area (TPSA) is 67.9 Å². The maximum absolute atomic E-state index is 13.2. The lowest BCUT2D eigenvalue weighted by molar-refractivity contribution is -0.146. The van der Waals surface area contributed by atoms with Gasteiger partial charge in [0.2, 0.25) is 5.91 Å². The van der Waals surface area contributed by atoms with Crippen molar-refractivity contribution in [1.82, 2.24) is 10.2 Å². The third kappa shape index (κ3) is 3.43. The number of nitrogens with one attached hydrogen (secondary N) is 1. The van der Waals surface area contributed by atoms with Crippen molar-refractivity contribution in [3.05, 3.63) is 29.0 Å². The van der Waals surface area contributed by atoms with E-state index < -0.39 is 0 Å². The number of hydrogen-bond donors (Lipinski definition) is 1. The van der Waals surface area contributed by atoms with Crippen LogP contribution in [0.4, 0.5) is 9.18 Å². The highest BCUT2D eigenvalue weighted by molar-refractivity contribution is 6.32. The predicted octanol–water partition coefficient (Wildman–Crippen LogP) is 3.52. The second kappa shape index (κ2) is 6.76. The van der Waals surface area contributed by atoms with E-state index >= 15 is 0 Å². The Kier molecular flexibility index (Phi) is 4.42. The number of rotatable bonds is 3. The molecule has 0 aromatic heterocycles. The minimum atomic E-state index is -0.375. The fourth-order valence-corrected chi connectivity index (χ4v) is 5.59. The molecule has 2 heterocycles. The summed E-state index contributed by atoms with van der Waals surface area (Å²) in [5.74, 6) is 0.355. The first-order valence-corrected chi connectivity index (χ1v) is 10.6. The van der Waals surface area contributed by atoms with E-state index in [2.05, 4.69) is 5.32 Å². The minimum absolute atomic E-state index is 0.0101. The quantitative estimate of drug-likeness (QED) is 0.809. The van der Waals surface area contributed by atoms with Crippen LogP contribution in [0.3, 0.4) is 0 Å². The number of ether oxygens (including phenoxy) is 2. The number of amides is 2. The Labute approximate surface area is 173 Å². The Morgan fingerprint density at radius 3 is 2.59 bits per heavy atom. The van der Waals surface area contributed by atoms with E-state index in [1.54, 1.807) is 6.07 Å². The molecule has 8 heteroatoms. The molecule has 0 unspecified atom stereocenters. The van der Waals surface area contributed by atoms with Crippen LogP contribution in [-0.4, -0.2) is 48.2 Å². The molecule has 1 aromatic carbocycles. The van der Waals surface area contributed by atoms with Crippen molar-refractivity contribution in [3.63, 3.8) is 0 Å². The number of benzene rings is 1. The molecular weight excluding hydrogens is 399 g/mol. The smallest absolute Gasteiger partial charge is 0.407 e. The second-order valence-corrected chi connectivity index (χ2v) is 9.54. The molecule has 5 rings (SSSR count). The molecule has 2 aliphatic carbocycles. The lowest BCUT2D eigenvalue weighted by atomic mass is 9.61. The zero-order valence-electron chi connectivity index (χ0n) is 16.1. The summed E-state index contributed by atoms with van der Waals surface area (Å²) in [4.78, 5) is 26.0. The van der Waals surface area contributed by atoms with Crippen LogP contribution < -0.4 is 10.1 Å². The van der Waals surface area contributed by atoms with Gasteiger partial charge in [0.05, 0.1) is 16.7 Å². The minimum Gasteiger partial charge on any atom is -0.489 e. The fraction of sp³-hybridized carbons (Fsp3) is 0.619. The van der Waals surface area contributed by atoms with Crippen LogP contribution in [0, 0.1) is 17.2 Å². The maximum Gasteiger partial charge on any atom is 0.407 e. The standard InChI is InChI=1S/C21H24ClFN2O4/c22-16-7-14(23)1-2-17(16)29-15-10-20(11-15)3-5-25(6-4-20)18(26)13-8-21(9-13)12-28-19(27)24-21/h1-2,7,13,15H,3-6,8-12H2,(H,24,27)/t13-,21+. The van der Waals surface area contributed by atoms with E-state index in [-0.39, 0.29) is 40.8 Å². The van der Waals surface area contributed by atoms with Crippen LogP contribution in [0.25, 0.3) is 0 Å². The Balaban J connectivity index is 1.08. The van der Waals surface area contributed by atoms with Gasteiger partial charge in [0.1, 0.15) is 18.2 Å². The number of cyclic esters (lactones) is 1. The van der Waals surface area contributed by atoms with Crippen LogP contribution in [0.15, 0.2) is 18.2 Å². The summed E-state index contributed by atoms with van der Waals surface area (Å²) in [6, 6.07) is 4.20. The van der Waals surface area contributed by atoms with E-state index in [1.807, 2.05) is 4.90 Å². The fourth-order valence-electron chi connectivity index (χ4n) is 5.38. The molecule has 2 aliphatic heterocycles. The van der Waals surface area contributed by atoms with Gasteiger partial charge in [-0.3, -0.25) is 4.79 Å². The first-order chi connectivity index (χ1) is 13.9. The van der Waals surface area contributed by atoms with Gasteiger partial charge in [-0.1, -0.05) is 11.6 Å². The van der Waals surface area contributed by atoms with Gasteiger partial charge in [0, 0.05) is 19.0 Å². The highest BCUT2D eigenvalue weighted by atomic mass is 35.5. The van der Waals surface area contributed by atoms with Crippen LogP contribution in [-0.2, 0) is 9.53 Å². The SMILES string of the molecule is O=C1N[C@]2(CO1)C[C@H](C(=O)N1CCC3(CC1)CC(Oc1ccc(F)cc1Cl)C3)C2. The molecule has 156 valence electrons. The van der Waals surface area contributed by atoms with Gasteiger partial charge >= 0.3 is 6.09 Å². The monoisotopic (exact) mass is 422 g/mol. The van der Waals surface area contributed by atoms with Crippen molar-refractivity contribution in [2.45, 2.75) is 50.2 Å². The first-order valence-electron chi connectivity index (χ1n) is 10.2. The number of piperidine rings is 1. The molecule has 2 saturated carbocycles. The van der Waals surface area contributed by atoms with Gasteiger partial charge in [-0.05, 0) is 62.1 Å². The van der Waals surface area contributed by atoms with Crippen molar-refractivity contribution < 1.29 is 23.5 Å². The average molecular weight is 423 g/mol. The number of carbonyl (C=O) groups is 2. The molecule has 0 radical (unpaired) electrons. The third-order valence-corrected chi connectivity index (χ3v) is 7.41. The zero-order valence-corrected chi connectivity index (χ0v) is 16.8. The van der Waals surface area contributed by atoms with E-state index in [4.69, 9.17) is 21.1 Å². The van der Waals surface area contributed by atoms with Gasteiger partial charge < -0.3 is 19.7 Å². The van der Waals surface area contributed by atoms with Gasteiger partial charge in [-0.15, -0.1) is 0 Å². The molecule has 2 amide bonds. The molecular formula is C21H24ClFN2O4. The third-order valence-electron chi connectivity index (χ3n) is 7.12. The normalized spacial score (nSPS) is 25.3. The maximum atomic E-state index is 13.2. The summed E-state index contributed by atoms with van der Waals surface area (Å²) < 4.78 is 24.1. The largest absolute Gasteiger partial charge is 0.489 e. The summed E-state index contributed by atoms with van der Waals surface area (Å²) in [5.41, 5.74) is -0.0728. The molecule has 1 N–H and O–H groups in total. The van der Waals surface area contributed by atoms with Crippen LogP contribution in [0.2, 0.25) is 5.02 Å². The number of hydrogen-bond acceptors (Lipinski definition) is 4. The number of alkyl carbamates (subject to hydrolysis) is 1. The Morgan fingerprint density at radius 2 is 1.97 bits per heavy atom. The van der Waals surface area contributed by atoms with Crippen LogP contribution in [0.5, 0.6) is 5.75 Å². The highest BCUT2D eigenvalue weighted by Crippen LogP contribution is 2.51. The molecule has 29 heavy (non-hydrogen) atoms. The Hall–Kier alpha value is -2.02. The lowest BCUT2D eigenvalue weighted by Gasteiger charge is -2.52. The van der Waals surface area contributed by atoms with Gasteiger partial charge in [-0.25, -0.2) is 9.18 Å².